The molecule has 1 fully saturated rings. The third kappa shape index (κ3) is 3.64. The van der Waals surface area contributed by atoms with E-state index >= 15 is 0 Å². The van der Waals surface area contributed by atoms with E-state index < -0.39 is 0 Å². The van der Waals surface area contributed by atoms with Gasteiger partial charge in [-0.05, 0) is 18.2 Å². The second-order valence-electron chi connectivity index (χ2n) is 6.79. The van der Waals surface area contributed by atoms with Crippen molar-refractivity contribution >= 4 is 34.2 Å². The van der Waals surface area contributed by atoms with E-state index in [1.807, 2.05) is 30.3 Å². The molecule has 3 aromatic heterocycles. The highest BCUT2D eigenvalue weighted by atomic mass is 15.3. The van der Waals surface area contributed by atoms with Crippen LogP contribution in [0.3, 0.4) is 0 Å². The van der Waals surface area contributed by atoms with Gasteiger partial charge in [-0.15, -0.1) is 0 Å². The summed E-state index contributed by atoms with van der Waals surface area (Å²) in [6.45, 7) is 3.41. The average Bonchev–Trinajstić information content (AvgIpc) is 2.80. The third-order valence-corrected chi connectivity index (χ3v) is 4.99. The van der Waals surface area contributed by atoms with Gasteiger partial charge in [-0.1, -0.05) is 18.2 Å². The lowest BCUT2D eigenvalue weighted by Gasteiger charge is -2.35. The summed E-state index contributed by atoms with van der Waals surface area (Å²) < 4.78 is 0. The second-order valence-corrected chi connectivity index (χ2v) is 6.79. The van der Waals surface area contributed by atoms with E-state index in [0.717, 1.165) is 60.4 Å². The van der Waals surface area contributed by atoms with Gasteiger partial charge in [-0.25, -0.2) is 19.9 Å². The fraction of sp³-hybridized carbons (Fsp3) is 0.190. The number of nitrogens with zero attached hydrogens (tertiary/aromatic N) is 7. The summed E-state index contributed by atoms with van der Waals surface area (Å²) in [6, 6.07) is 13.9. The molecule has 5 rings (SSSR count). The molecule has 0 unspecified atom stereocenters. The zero-order valence-corrected chi connectivity index (χ0v) is 15.8. The van der Waals surface area contributed by atoms with Crippen LogP contribution < -0.4 is 15.1 Å². The molecule has 1 saturated heterocycles. The van der Waals surface area contributed by atoms with Gasteiger partial charge in [0.1, 0.15) is 18.0 Å². The van der Waals surface area contributed by atoms with Gasteiger partial charge in [0.15, 0.2) is 0 Å². The molecule has 0 bridgehead atoms. The molecule has 1 aromatic carbocycles. The molecule has 0 spiro atoms. The van der Waals surface area contributed by atoms with Crippen molar-refractivity contribution in [1.29, 1.82) is 0 Å². The standard InChI is InChI=1S/C21H20N8/c1-4-16-5-2-7-22-20(16)17(6-1)27-18-14-19(26-15-25-18)28-10-12-29(13-11-28)21-23-8-3-9-24-21/h1-9,14-15H,10-13H2,(H,25,26,27). The van der Waals surface area contributed by atoms with Crippen LogP contribution in [0.2, 0.25) is 0 Å². The second kappa shape index (κ2) is 7.67. The Morgan fingerprint density at radius 3 is 2.34 bits per heavy atom. The molecule has 0 saturated carbocycles. The van der Waals surface area contributed by atoms with Gasteiger partial charge >= 0.3 is 0 Å². The molecule has 0 amide bonds. The van der Waals surface area contributed by atoms with Gasteiger partial charge in [0.25, 0.3) is 0 Å². The van der Waals surface area contributed by atoms with Crippen LogP contribution >= 0.6 is 0 Å². The highest BCUT2D eigenvalue weighted by Crippen LogP contribution is 2.25. The number of anilines is 4. The van der Waals surface area contributed by atoms with Crippen LogP contribution in [-0.2, 0) is 0 Å². The summed E-state index contributed by atoms with van der Waals surface area (Å²) in [5.41, 5.74) is 1.85. The number of benzene rings is 1. The number of pyridine rings is 1. The van der Waals surface area contributed by atoms with Gasteiger partial charge in [0.05, 0.1) is 11.2 Å². The lowest BCUT2D eigenvalue weighted by Crippen LogP contribution is -2.47. The Bertz CT molecular complexity index is 1100. The van der Waals surface area contributed by atoms with Gasteiger partial charge < -0.3 is 15.1 Å². The number of hydrogen-bond acceptors (Lipinski definition) is 8. The number of hydrogen-bond donors (Lipinski definition) is 1. The Labute approximate surface area is 168 Å². The zero-order valence-electron chi connectivity index (χ0n) is 15.8. The van der Waals surface area contributed by atoms with E-state index in [1.54, 1.807) is 24.9 Å². The van der Waals surface area contributed by atoms with E-state index in [0.29, 0.717) is 0 Å². The first kappa shape index (κ1) is 17.3. The molecule has 1 N–H and O–H groups in total. The predicted octanol–water partition coefficient (Wildman–Crippen LogP) is 2.89. The maximum Gasteiger partial charge on any atom is 0.225 e. The maximum absolute atomic E-state index is 4.49. The van der Waals surface area contributed by atoms with Crippen LogP contribution in [0.25, 0.3) is 10.9 Å². The Hall–Kier alpha value is -3.81. The molecule has 0 radical (unpaired) electrons. The van der Waals surface area contributed by atoms with Crippen molar-refractivity contribution in [1.82, 2.24) is 24.9 Å². The van der Waals surface area contributed by atoms with E-state index in [-0.39, 0.29) is 0 Å². The molecule has 8 nitrogen and oxygen atoms in total. The summed E-state index contributed by atoms with van der Waals surface area (Å²) in [5.74, 6) is 2.44. The van der Waals surface area contributed by atoms with E-state index in [2.05, 4.69) is 52.2 Å². The maximum atomic E-state index is 4.49. The van der Waals surface area contributed by atoms with Crippen LogP contribution in [0, 0.1) is 0 Å². The van der Waals surface area contributed by atoms with Gasteiger partial charge in [-0.2, -0.15) is 0 Å². The minimum Gasteiger partial charge on any atom is -0.353 e. The normalized spacial score (nSPS) is 14.2. The lowest BCUT2D eigenvalue weighted by atomic mass is 10.2. The zero-order chi connectivity index (χ0) is 19.5. The fourth-order valence-corrected chi connectivity index (χ4v) is 3.52. The van der Waals surface area contributed by atoms with Crippen molar-refractivity contribution < 1.29 is 0 Å². The summed E-state index contributed by atoms with van der Waals surface area (Å²) >= 11 is 0. The molecule has 144 valence electrons. The van der Waals surface area contributed by atoms with Crippen LogP contribution in [0.15, 0.2) is 67.4 Å². The topological polar surface area (TPSA) is 83.0 Å². The molecule has 0 atom stereocenters. The molecule has 4 aromatic rings. The average molecular weight is 384 g/mol. The number of piperazine rings is 1. The third-order valence-electron chi connectivity index (χ3n) is 4.99. The van der Waals surface area contributed by atoms with Crippen LogP contribution in [0.5, 0.6) is 0 Å². The molecule has 29 heavy (non-hydrogen) atoms. The molecule has 0 aliphatic carbocycles. The van der Waals surface area contributed by atoms with E-state index in [4.69, 9.17) is 0 Å². The Balaban J connectivity index is 1.32. The highest BCUT2D eigenvalue weighted by molar-refractivity contribution is 5.91. The van der Waals surface area contributed by atoms with Crippen molar-refractivity contribution in [3.63, 3.8) is 0 Å². The van der Waals surface area contributed by atoms with Crippen LogP contribution in [0.1, 0.15) is 0 Å². The first-order chi connectivity index (χ1) is 14.4. The summed E-state index contributed by atoms with van der Waals surface area (Å²) in [6.07, 6.45) is 6.95. The van der Waals surface area contributed by atoms with Crippen molar-refractivity contribution in [2.45, 2.75) is 0 Å². The number of fused-ring (bicyclic) bond motifs is 1. The van der Waals surface area contributed by atoms with Gasteiger partial charge in [0.2, 0.25) is 5.95 Å². The van der Waals surface area contributed by atoms with Crippen molar-refractivity contribution in [3.05, 3.63) is 67.4 Å². The number of aromatic nitrogens is 5. The Kier molecular flexibility index (Phi) is 4.57. The van der Waals surface area contributed by atoms with E-state index in [9.17, 15) is 0 Å². The first-order valence-corrected chi connectivity index (χ1v) is 9.56. The van der Waals surface area contributed by atoms with Crippen LogP contribution in [0.4, 0.5) is 23.3 Å². The fourth-order valence-electron chi connectivity index (χ4n) is 3.52. The Morgan fingerprint density at radius 2 is 1.48 bits per heavy atom. The minimum absolute atomic E-state index is 0.752. The number of nitrogens with one attached hydrogen (secondary N) is 1. The summed E-state index contributed by atoms with van der Waals surface area (Å²) in [5, 5.41) is 4.48. The minimum atomic E-state index is 0.752. The molecule has 4 heterocycles. The van der Waals surface area contributed by atoms with Crippen molar-refractivity contribution in [2.24, 2.45) is 0 Å². The molecule has 1 aliphatic heterocycles. The number of rotatable bonds is 4. The highest BCUT2D eigenvalue weighted by Gasteiger charge is 2.20. The monoisotopic (exact) mass is 384 g/mol. The summed E-state index contributed by atoms with van der Waals surface area (Å²) in [4.78, 5) is 26.5. The Morgan fingerprint density at radius 1 is 0.724 bits per heavy atom. The van der Waals surface area contributed by atoms with Gasteiger partial charge in [0, 0.05) is 56.2 Å². The quantitative estimate of drug-likeness (QED) is 0.575. The SMILES string of the molecule is c1cnc(N2CCN(c3cc(Nc4cccc5cccnc45)ncn3)CC2)nc1. The largest absolute Gasteiger partial charge is 0.353 e. The van der Waals surface area contributed by atoms with Crippen molar-refractivity contribution in [2.75, 3.05) is 41.3 Å². The number of para-hydroxylation sites is 1. The van der Waals surface area contributed by atoms with Gasteiger partial charge in [-0.3, -0.25) is 4.98 Å². The molecular weight excluding hydrogens is 364 g/mol. The van der Waals surface area contributed by atoms with Crippen LogP contribution in [-0.4, -0.2) is 51.1 Å². The first-order valence-electron chi connectivity index (χ1n) is 9.56. The van der Waals surface area contributed by atoms with E-state index in [1.165, 1.54) is 0 Å². The summed E-state index contributed by atoms with van der Waals surface area (Å²) in [7, 11) is 0. The predicted molar refractivity (Wildman–Crippen MR) is 114 cm³/mol. The smallest absolute Gasteiger partial charge is 0.225 e. The molecule has 8 heteroatoms. The van der Waals surface area contributed by atoms with Crippen molar-refractivity contribution in [3.8, 4) is 0 Å². The lowest BCUT2D eigenvalue weighted by molar-refractivity contribution is 0.634. The molecule has 1 aliphatic rings. The molecular formula is C21H20N8.